The van der Waals surface area contributed by atoms with Gasteiger partial charge in [0.15, 0.2) is 0 Å². The zero-order chi connectivity index (χ0) is 14.2. The van der Waals surface area contributed by atoms with E-state index in [-0.39, 0.29) is 0 Å². The fraction of sp³-hybridized carbons (Fsp3) is 0.500. The number of benzene rings is 1. The van der Waals surface area contributed by atoms with Gasteiger partial charge in [-0.15, -0.1) is 11.8 Å². The smallest absolute Gasteiger partial charge is 0.0513 e. The number of hydrogen-bond donors (Lipinski definition) is 2. The maximum absolute atomic E-state index is 5.77. The predicted octanol–water partition coefficient (Wildman–Crippen LogP) is 4.65. The molecule has 0 aliphatic heterocycles. The summed E-state index contributed by atoms with van der Waals surface area (Å²) in [7, 11) is 0. The van der Waals surface area contributed by atoms with Crippen LogP contribution < -0.4 is 11.3 Å². The topological polar surface area (TPSA) is 38.0 Å². The first kappa shape index (κ1) is 16.1. The van der Waals surface area contributed by atoms with E-state index in [4.69, 9.17) is 5.84 Å². The Hall–Kier alpha value is -0.290. The molecule has 20 heavy (non-hydrogen) atoms. The molecule has 0 bridgehead atoms. The van der Waals surface area contributed by atoms with Gasteiger partial charge in [0.05, 0.1) is 6.04 Å². The van der Waals surface area contributed by atoms with E-state index in [9.17, 15) is 0 Å². The summed E-state index contributed by atoms with van der Waals surface area (Å²) in [5.74, 6) is 6.76. The van der Waals surface area contributed by atoms with E-state index in [1.807, 2.05) is 11.8 Å². The average Bonchev–Trinajstić information content (AvgIpc) is 2.43. The standard InChI is InChI=1S/C16H23BrN2S/c17-14-8-10-15(11-9-14)20-12-16(19-18)13-6-4-2-1-3-5-7-13/h6,8-11,16,19H,1-5,7,12,18H2/b13-6+. The highest BCUT2D eigenvalue weighted by Crippen LogP contribution is 2.25. The molecule has 0 saturated carbocycles. The second-order valence-corrected chi connectivity index (χ2v) is 7.23. The van der Waals surface area contributed by atoms with Crippen LogP contribution in [0.2, 0.25) is 0 Å². The Morgan fingerprint density at radius 2 is 1.90 bits per heavy atom. The summed E-state index contributed by atoms with van der Waals surface area (Å²) in [6, 6.07) is 8.76. The van der Waals surface area contributed by atoms with Gasteiger partial charge >= 0.3 is 0 Å². The van der Waals surface area contributed by atoms with Gasteiger partial charge in [-0.05, 0) is 49.9 Å². The minimum atomic E-state index is 0.293. The van der Waals surface area contributed by atoms with Crippen molar-refractivity contribution in [3.8, 4) is 0 Å². The Morgan fingerprint density at radius 1 is 1.15 bits per heavy atom. The molecule has 0 saturated heterocycles. The number of thioether (sulfide) groups is 1. The van der Waals surface area contributed by atoms with E-state index >= 15 is 0 Å². The molecule has 1 aliphatic carbocycles. The maximum atomic E-state index is 5.77. The Balaban J connectivity index is 1.92. The van der Waals surface area contributed by atoms with Crippen molar-refractivity contribution >= 4 is 27.7 Å². The molecule has 1 aliphatic rings. The quantitative estimate of drug-likeness (QED) is 0.349. The van der Waals surface area contributed by atoms with Crippen LogP contribution >= 0.6 is 27.7 Å². The van der Waals surface area contributed by atoms with Crippen molar-refractivity contribution in [1.29, 1.82) is 0 Å². The number of hydrazine groups is 1. The van der Waals surface area contributed by atoms with Crippen LogP contribution in [0.15, 0.2) is 45.3 Å². The third-order valence-corrected chi connectivity index (χ3v) is 5.34. The molecule has 0 amide bonds. The number of rotatable bonds is 5. The summed E-state index contributed by atoms with van der Waals surface area (Å²) >= 11 is 5.33. The first-order chi connectivity index (χ1) is 9.79. The lowest BCUT2D eigenvalue weighted by atomic mass is 9.96. The lowest BCUT2D eigenvalue weighted by Gasteiger charge is -2.21. The summed E-state index contributed by atoms with van der Waals surface area (Å²) in [5, 5.41) is 0. The average molecular weight is 355 g/mol. The van der Waals surface area contributed by atoms with Crippen molar-refractivity contribution in [3.05, 3.63) is 40.4 Å². The fourth-order valence-corrected chi connectivity index (χ4v) is 3.77. The molecule has 0 fully saturated rings. The second kappa shape index (κ2) is 8.88. The summed E-state index contributed by atoms with van der Waals surface area (Å²) in [6.07, 6.45) is 10.2. The van der Waals surface area contributed by atoms with Gasteiger partial charge in [-0.2, -0.15) is 0 Å². The first-order valence-corrected chi connectivity index (χ1v) is 9.11. The van der Waals surface area contributed by atoms with Crippen LogP contribution in [0.25, 0.3) is 0 Å². The van der Waals surface area contributed by atoms with Crippen LogP contribution in [0, 0.1) is 0 Å². The minimum Gasteiger partial charge on any atom is -0.271 e. The largest absolute Gasteiger partial charge is 0.271 e. The van der Waals surface area contributed by atoms with Gasteiger partial charge in [-0.3, -0.25) is 11.3 Å². The van der Waals surface area contributed by atoms with E-state index in [2.05, 4.69) is 51.7 Å². The van der Waals surface area contributed by atoms with Crippen LogP contribution in [0.5, 0.6) is 0 Å². The van der Waals surface area contributed by atoms with Gasteiger partial charge in [0, 0.05) is 15.1 Å². The van der Waals surface area contributed by atoms with E-state index in [0.717, 1.165) is 10.2 Å². The van der Waals surface area contributed by atoms with Crippen LogP contribution in [-0.2, 0) is 0 Å². The normalized spacial score (nSPS) is 20.6. The molecule has 4 heteroatoms. The van der Waals surface area contributed by atoms with Gasteiger partial charge < -0.3 is 0 Å². The lowest BCUT2D eigenvalue weighted by Crippen LogP contribution is -2.38. The van der Waals surface area contributed by atoms with Crippen molar-refractivity contribution in [2.24, 2.45) is 5.84 Å². The maximum Gasteiger partial charge on any atom is 0.0513 e. The molecule has 1 atom stereocenters. The number of nitrogens with two attached hydrogens (primary N) is 1. The summed E-state index contributed by atoms with van der Waals surface area (Å²) in [6.45, 7) is 0. The van der Waals surface area contributed by atoms with Gasteiger partial charge in [0.1, 0.15) is 0 Å². The molecular weight excluding hydrogens is 332 g/mol. The van der Waals surface area contributed by atoms with Gasteiger partial charge in [0.25, 0.3) is 0 Å². The monoisotopic (exact) mass is 354 g/mol. The van der Waals surface area contributed by atoms with Crippen molar-refractivity contribution in [2.45, 2.75) is 49.5 Å². The second-order valence-electron chi connectivity index (χ2n) is 5.22. The molecular formula is C16H23BrN2S. The Morgan fingerprint density at radius 3 is 2.65 bits per heavy atom. The first-order valence-electron chi connectivity index (χ1n) is 7.33. The SMILES string of the molecule is NNC(CSc1ccc(Br)cc1)/C1=C/CCCCCC1. The minimum absolute atomic E-state index is 0.293. The molecule has 1 aromatic rings. The van der Waals surface area contributed by atoms with Crippen LogP contribution in [0.4, 0.5) is 0 Å². The van der Waals surface area contributed by atoms with E-state index in [0.29, 0.717) is 6.04 Å². The molecule has 3 N–H and O–H groups in total. The molecule has 110 valence electrons. The third-order valence-electron chi connectivity index (χ3n) is 3.71. The highest BCUT2D eigenvalue weighted by molar-refractivity contribution is 9.10. The van der Waals surface area contributed by atoms with E-state index in [1.165, 1.54) is 49.0 Å². The van der Waals surface area contributed by atoms with E-state index < -0.39 is 0 Å². The van der Waals surface area contributed by atoms with Crippen molar-refractivity contribution < 1.29 is 0 Å². The zero-order valence-electron chi connectivity index (χ0n) is 11.8. The molecule has 0 radical (unpaired) electrons. The summed E-state index contributed by atoms with van der Waals surface area (Å²) < 4.78 is 1.12. The van der Waals surface area contributed by atoms with Crippen molar-refractivity contribution in [1.82, 2.24) is 5.43 Å². The predicted molar refractivity (Wildman–Crippen MR) is 91.8 cm³/mol. The van der Waals surface area contributed by atoms with Crippen LogP contribution in [0.1, 0.15) is 38.5 Å². The zero-order valence-corrected chi connectivity index (χ0v) is 14.2. The van der Waals surface area contributed by atoms with Gasteiger partial charge in [-0.25, -0.2) is 0 Å². The number of hydrogen-bond acceptors (Lipinski definition) is 3. The molecule has 0 aromatic heterocycles. The molecule has 2 rings (SSSR count). The van der Waals surface area contributed by atoms with Crippen molar-refractivity contribution in [3.63, 3.8) is 0 Å². The highest BCUT2D eigenvalue weighted by Gasteiger charge is 2.14. The van der Waals surface area contributed by atoms with Gasteiger partial charge in [-0.1, -0.05) is 40.4 Å². The number of halogens is 1. The Bertz CT molecular complexity index is 431. The lowest BCUT2D eigenvalue weighted by molar-refractivity contribution is 0.567. The fourth-order valence-electron chi connectivity index (χ4n) is 2.51. The molecule has 0 heterocycles. The number of nitrogens with one attached hydrogen (secondary N) is 1. The molecule has 0 spiro atoms. The van der Waals surface area contributed by atoms with Crippen LogP contribution in [0.3, 0.4) is 0 Å². The van der Waals surface area contributed by atoms with Crippen LogP contribution in [-0.4, -0.2) is 11.8 Å². The molecule has 1 aromatic carbocycles. The summed E-state index contributed by atoms with van der Waals surface area (Å²) in [4.78, 5) is 1.29. The Kier molecular flexibility index (Phi) is 7.14. The van der Waals surface area contributed by atoms with E-state index in [1.54, 1.807) is 0 Å². The molecule has 2 nitrogen and oxygen atoms in total. The Labute approximate surface area is 134 Å². The highest BCUT2D eigenvalue weighted by atomic mass is 79.9. The third kappa shape index (κ3) is 5.24. The summed E-state index contributed by atoms with van der Waals surface area (Å²) in [5.41, 5.74) is 4.50. The van der Waals surface area contributed by atoms with Gasteiger partial charge in [0.2, 0.25) is 0 Å². The van der Waals surface area contributed by atoms with Crippen molar-refractivity contribution in [2.75, 3.05) is 5.75 Å². The number of allylic oxidation sites excluding steroid dienone is 1. The molecule has 1 unspecified atom stereocenters.